The van der Waals surface area contributed by atoms with Gasteiger partial charge in [-0.05, 0) is 25.0 Å². The van der Waals surface area contributed by atoms with E-state index >= 15 is 0 Å². The molecule has 1 N–H and O–H groups in total. The minimum absolute atomic E-state index is 0.549. The minimum Gasteiger partial charge on any atom is -0.383 e. The third-order valence-electron chi connectivity index (χ3n) is 1.75. The summed E-state index contributed by atoms with van der Waals surface area (Å²) in [4.78, 5) is 4.15. The molecule has 0 aliphatic heterocycles. The molecule has 2 nitrogen and oxygen atoms in total. The molecule has 0 radical (unpaired) electrons. The van der Waals surface area contributed by atoms with Crippen molar-refractivity contribution in [2.24, 2.45) is 5.92 Å². The van der Waals surface area contributed by atoms with Crippen LogP contribution in [0.5, 0.6) is 0 Å². The van der Waals surface area contributed by atoms with E-state index in [1.165, 1.54) is 0 Å². The quantitative estimate of drug-likeness (QED) is 0.755. The Morgan fingerprint density at radius 3 is 2.69 bits per heavy atom. The number of nitrogens with zero attached hydrogens (tertiary/aromatic N) is 1. The summed E-state index contributed by atoms with van der Waals surface area (Å²) in [5, 5.41) is 3.87. The van der Waals surface area contributed by atoms with E-state index in [9.17, 15) is 0 Å². The van der Waals surface area contributed by atoms with E-state index in [0.29, 0.717) is 11.1 Å². The maximum atomic E-state index is 5.74. The van der Waals surface area contributed by atoms with Gasteiger partial charge in [-0.2, -0.15) is 0 Å². The zero-order valence-corrected chi connectivity index (χ0v) is 9.02. The summed E-state index contributed by atoms with van der Waals surface area (Å²) in [6, 6.07) is 3.77. The van der Waals surface area contributed by atoms with Gasteiger partial charge in [-0.25, -0.2) is 4.98 Å². The Balaban J connectivity index is 2.67. The largest absolute Gasteiger partial charge is 0.383 e. The lowest BCUT2D eigenvalue weighted by Gasteiger charge is -2.10. The van der Waals surface area contributed by atoms with E-state index in [4.69, 9.17) is 11.6 Å². The van der Waals surface area contributed by atoms with Gasteiger partial charge in [0, 0.05) is 6.54 Å². The number of hydrogen-bond acceptors (Lipinski definition) is 2. The van der Waals surface area contributed by atoms with E-state index in [2.05, 4.69) is 24.1 Å². The topological polar surface area (TPSA) is 24.9 Å². The smallest absolute Gasteiger partial charge is 0.129 e. The summed E-state index contributed by atoms with van der Waals surface area (Å²) in [5.74, 6) is 0.634. The molecule has 1 rings (SSSR count). The monoisotopic (exact) mass is 198 g/mol. The molecule has 0 atom stereocenters. The highest BCUT2D eigenvalue weighted by Gasteiger charge is 2.00. The molecule has 1 aromatic heterocycles. The second-order valence-electron chi connectivity index (χ2n) is 3.54. The zero-order valence-electron chi connectivity index (χ0n) is 8.26. The Labute approximate surface area is 84.3 Å². The van der Waals surface area contributed by atoms with E-state index < -0.39 is 0 Å². The molecule has 13 heavy (non-hydrogen) atoms. The maximum Gasteiger partial charge on any atom is 0.129 e. The summed E-state index contributed by atoms with van der Waals surface area (Å²) < 4.78 is 0. The summed E-state index contributed by atoms with van der Waals surface area (Å²) in [5.41, 5.74) is 2.02. The average molecular weight is 199 g/mol. The third-order valence-corrected chi connectivity index (χ3v) is 1.96. The second-order valence-corrected chi connectivity index (χ2v) is 3.93. The molecule has 3 heteroatoms. The number of nitrogens with one attached hydrogen (secondary N) is 1. The van der Waals surface area contributed by atoms with Crippen LogP contribution in [0.15, 0.2) is 12.1 Å². The first kappa shape index (κ1) is 10.3. The Morgan fingerprint density at radius 1 is 1.46 bits per heavy atom. The normalized spacial score (nSPS) is 10.5. The second kappa shape index (κ2) is 4.47. The number of hydrogen-bond donors (Lipinski definition) is 1. The lowest BCUT2D eigenvalue weighted by molar-refractivity contribution is 0.688. The molecule has 0 aliphatic rings. The van der Waals surface area contributed by atoms with Crippen LogP contribution in [-0.4, -0.2) is 11.5 Å². The molecule has 0 bridgehead atoms. The molecule has 0 saturated heterocycles. The predicted molar refractivity (Wildman–Crippen MR) is 57.3 cm³/mol. The number of aromatic nitrogens is 1. The molecule has 0 aromatic carbocycles. The van der Waals surface area contributed by atoms with E-state index in [0.717, 1.165) is 17.9 Å². The Kier molecular flexibility index (Phi) is 3.55. The van der Waals surface area contributed by atoms with Gasteiger partial charge in [0.05, 0.1) is 11.4 Å². The van der Waals surface area contributed by atoms with Gasteiger partial charge in [-0.1, -0.05) is 25.4 Å². The molecule has 0 aliphatic carbocycles. The first-order valence-electron chi connectivity index (χ1n) is 4.46. The van der Waals surface area contributed by atoms with Gasteiger partial charge in [0.25, 0.3) is 0 Å². The number of halogens is 1. The van der Waals surface area contributed by atoms with Crippen molar-refractivity contribution in [1.82, 2.24) is 4.98 Å². The van der Waals surface area contributed by atoms with Crippen LogP contribution in [0, 0.1) is 12.8 Å². The molecule has 1 aromatic rings. The lowest BCUT2D eigenvalue weighted by atomic mass is 10.2. The molecule has 0 fully saturated rings. The highest BCUT2D eigenvalue weighted by atomic mass is 35.5. The number of pyridine rings is 1. The summed E-state index contributed by atoms with van der Waals surface area (Å²) in [6.07, 6.45) is 0. The minimum atomic E-state index is 0.549. The van der Waals surface area contributed by atoms with Crippen LogP contribution in [0.25, 0.3) is 0 Å². The number of aryl methyl sites for hydroxylation is 1. The van der Waals surface area contributed by atoms with Crippen molar-refractivity contribution >= 4 is 17.3 Å². The van der Waals surface area contributed by atoms with Crippen LogP contribution < -0.4 is 5.32 Å². The van der Waals surface area contributed by atoms with E-state index in [1.807, 2.05) is 13.0 Å². The lowest BCUT2D eigenvalue weighted by Crippen LogP contribution is -2.09. The summed E-state index contributed by atoms with van der Waals surface area (Å²) in [7, 11) is 0. The number of anilines is 1. The molecule has 0 amide bonds. The third kappa shape index (κ3) is 3.23. The van der Waals surface area contributed by atoms with Gasteiger partial charge in [0.2, 0.25) is 0 Å². The molecular weight excluding hydrogens is 184 g/mol. The van der Waals surface area contributed by atoms with Crippen LogP contribution in [-0.2, 0) is 0 Å². The van der Waals surface area contributed by atoms with Crippen LogP contribution in [0.2, 0.25) is 5.15 Å². The SMILES string of the molecule is Cc1nc(Cl)ccc1NCC(C)C. The molecule has 0 saturated carbocycles. The van der Waals surface area contributed by atoms with Crippen molar-refractivity contribution in [3.05, 3.63) is 23.0 Å². The fourth-order valence-corrected chi connectivity index (χ4v) is 1.22. The number of rotatable bonds is 3. The van der Waals surface area contributed by atoms with Gasteiger partial charge in [0.15, 0.2) is 0 Å². The Hall–Kier alpha value is -0.760. The average Bonchev–Trinajstić information content (AvgIpc) is 2.02. The van der Waals surface area contributed by atoms with Crippen LogP contribution in [0.4, 0.5) is 5.69 Å². The molecule has 1 heterocycles. The van der Waals surface area contributed by atoms with Crippen molar-refractivity contribution < 1.29 is 0 Å². The molecule has 0 spiro atoms. The summed E-state index contributed by atoms with van der Waals surface area (Å²) in [6.45, 7) is 7.26. The van der Waals surface area contributed by atoms with Crippen molar-refractivity contribution in [1.29, 1.82) is 0 Å². The Morgan fingerprint density at radius 2 is 2.15 bits per heavy atom. The van der Waals surface area contributed by atoms with Gasteiger partial charge >= 0.3 is 0 Å². The van der Waals surface area contributed by atoms with Gasteiger partial charge < -0.3 is 5.32 Å². The maximum absolute atomic E-state index is 5.74. The summed E-state index contributed by atoms with van der Waals surface area (Å²) >= 11 is 5.74. The first-order chi connectivity index (χ1) is 6.09. The van der Waals surface area contributed by atoms with Crippen molar-refractivity contribution in [2.75, 3.05) is 11.9 Å². The van der Waals surface area contributed by atoms with Crippen LogP contribution in [0.3, 0.4) is 0 Å². The van der Waals surface area contributed by atoms with Crippen molar-refractivity contribution in [3.63, 3.8) is 0 Å². The van der Waals surface area contributed by atoms with Gasteiger partial charge in [-0.15, -0.1) is 0 Å². The predicted octanol–water partition coefficient (Wildman–Crippen LogP) is 3.11. The zero-order chi connectivity index (χ0) is 9.84. The fourth-order valence-electron chi connectivity index (χ4n) is 1.03. The van der Waals surface area contributed by atoms with Crippen LogP contribution >= 0.6 is 11.6 Å². The van der Waals surface area contributed by atoms with E-state index in [-0.39, 0.29) is 0 Å². The first-order valence-corrected chi connectivity index (χ1v) is 4.84. The molecular formula is C10H15ClN2. The molecule has 72 valence electrons. The van der Waals surface area contributed by atoms with Crippen molar-refractivity contribution in [3.8, 4) is 0 Å². The van der Waals surface area contributed by atoms with Crippen molar-refractivity contribution in [2.45, 2.75) is 20.8 Å². The highest BCUT2D eigenvalue weighted by Crippen LogP contribution is 2.15. The molecule has 0 unspecified atom stereocenters. The van der Waals surface area contributed by atoms with Crippen LogP contribution in [0.1, 0.15) is 19.5 Å². The van der Waals surface area contributed by atoms with E-state index in [1.54, 1.807) is 6.07 Å². The fraction of sp³-hybridized carbons (Fsp3) is 0.500. The standard InChI is InChI=1S/C10H15ClN2/c1-7(2)6-12-9-4-5-10(11)13-8(9)3/h4-5,7,12H,6H2,1-3H3. The highest BCUT2D eigenvalue weighted by molar-refractivity contribution is 6.29. The Bertz CT molecular complexity index is 284. The van der Waals surface area contributed by atoms with Gasteiger partial charge in [0.1, 0.15) is 5.15 Å². The van der Waals surface area contributed by atoms with Gasteiger partial charge in [-0.3, -0.25) is 0 Å².